The summed E-state index contributed by atoms with van der Waals surface area (Å²) >= 11 is 0. The summed E-state index contributed by atoms with van der Waals surface area (Å²) in [7, 11) is 0. The molecule has 0 saturated carbocycles. The molecule has 2 atom stereocenters. The fourth-order valence-corrected chi connectivity index (χ4v) is 2.90. The Morgan fingerprint density at radius 3 is 2.76 bits per heavy atom. The molecule has 1 aliphatic heterocycles. The zero-order valence-corrected chi connectivity index (χ0v) is 13.9. The number of nitrogens with one attached hydrogen (secondary N) is 1. The minimum Gasteiger partial charge on any atom is -0.481 e. The number of hydrogen-bond donors (Lipinski definition) is 2. The van der Waals surface area contributed by atoms with Crippen molar-refractivity contribution in [3.05, 3.63) is 30.3 Å². The summed E-state index contributed by atoms with van der Waals surface area (Å²) in [6, 6.07) is 8.86. The van der Waals surface area contributed by atoms with Gasteiger partial charge in [-0.3, -0.25) is 9.59 Å². The first kappa shape index (κ1) is 16.9. The molecule has 1 aliphatic rings. The molecule has 1 amide bonds. The number of rotatable bonds is 6. The van der Waals surface area contributed by atoms with Crippen LogP contribution in [0, 0.1) is 5.92 Å². The Balaban J connectivity index is 1.72. The molecular formula is C16H20N6O3. The van der Waals surface area contributed by atoms with Crippen LogP contribution in [0.4, 0.5) is 5.95 Å². The van der Waals surface area contributed by atoms with Crippen LogP contribution >= 0.6 is 0 Å². The molecule has 0 spiro atoms. The number of tetrazole rings is 1. The molecule has 1 saturated heterocycles. The normalized spacial score (nSPS) is 18.1. The van der Waals surface area contributed by atoms with Gasteiger partial charge in [-0.15, -0.1) is 0 Å². The number of carboxylic acid groups (broad SMARTS) is 1. The molecule has 132 valence electrons. The molecule has 2 heterocycles. The van der Waals surface area contributed by atoms with Gasteiger partial charge < -0.3 is 15.3 Å². The number of benzene rings is 1. The summed E-state index contributed by atoms with van der Waals surface area (Å²) < 4.78 is 1.53. The zero-order valence-electron chi connectivity index (χ0n) is 13.9. The van der Waals surface area contributed by atoms with Crippen molar-refractivity contribution in [3.63, 3.8) is 0 Å². The minimum atomic E-state index is -0.857. The molecule has 25 heavy (non-hydrogen) atoms. The van der Waals surface area contributed by atoms with Gasteiger partial charge in [0.1, 0.15) is 6.04 Å². The monoisotopic (exact) mass is 344 g/mol. The van der Waals surface area contributed by atoms with Crippen LogP contribution in [-0.4, -0.2) is 61.2 Å². The van der Waals surface area contributed by atoms with Crippen LogP contribution in [0.25, 0.3) is 5.69 Å². The highest BCUT2D eigenvalue weighted by atomic mass is 16.4. The second kappa shape index (κ2) is 7.29. The maximum absolute atomic E-state index is 12.7. The van der Waals surface area contributed by atoms with E-state index in [1.54, 1.807) is 4.90 Å². The molecule has 1 fully saturated rings. The van der Waals surface area contributed by atoms with Gasteiger partial charge in [-0.2, -0.15) is 4.68 Å². The van der Waals surface area contributed by atoms with E-state index >= 15 is 0 Å². The summed E-state index contributed by atoms with van der Waals surface area (Å²) in [5.41, 5.74) is 0.782. The average Bonchev–Trinajstić information content (AvgIpc) is 3.29. The molecule has 2 aromatic rings. The highest BCUT2D eigenvalue weighted by molar-refractivity contribution is 5.85. The van der Waals surface area contributed by atoms with Crippen LogP contribution in [0.2, 0.25) is 0 Å². The maximum Gasteiger partial charge on any atom is 0.308 e. The van der Waals surface area contributed by atoms with Gasteiger partial charge in [-0.1, -0.05) is 30.2 Å². The standard InChI is InChI=1S/C16H20N6O3/c1-2-13(14(23)21-9-8-11(10-21)15(24)25)17-16-18-19-20-22(16)12-6-4-3-5-7-12/h3-7,11,13H,2,8-10H2,1H3,(H,24,25)(H,17,18,20)/t11-,13+/m0/s1. The smallest absolute Gasteiger partial charge is 0.308 e. The Labute approximate surface area is 144 Å². The van der Waals surface area contributed by atoms with Gasteiger partial charge in [0.25, 0.3) is 0 Å². The average molecular weight is 344 g/mol. The molecule has 3 rings (SSSR count). The Hall–Kier alpha value is -2.97. The van der Waals surface area contributed by atoms with Crippen molar-refractivity contribution in [1.29, 1.82) is 0 Å². The molecule has 0 bridgehead atoms. The predicted molar refractivity (Wildman–Crippen MR) is 89.2 cm³/mol. The van der Waals surface area contributed by atoms with E-state index in [0.29, 0.717) is 25.3 Å². The van der Waals surface area contributed by atoms with E-state index in [-0.39, 0.29) is 12.5 Å². The number of carbonyl (C=O) groups excluding carboxylic acids is 1. The number of amides is 1. The number of aliphatic carboxylic acids is 1. The van der Waals surface area contributed by atoms with Crippen molar-refractivity contribution in [2.45, 2.75) is 25.8 Å². The third-order valence-electron chi connectivity index (χ3n) is 4.33. The van der Waals surface area contributed by atoms with E-state index in [2.05, 4.69) is 20.8 Å². The SMILES string of the molecule is CC[C@@H](Nc1nnnn1-c1ccccc1)C(=O)N1CC[C@H](C(=O)O)C1. The minimum absolute atomic E-state index is 0.131. The van der Waals surface area contributed by atoms with Gasteiger partial charge in [0.15, 0.2) is 0 Å². The van der Waals surface area contributed by atoms with E-state index in [0.717, 1.165) is 5.69 Å². The summed E-state index contributed by atoms with van der Waals surface area (Å²) in [6.07, 6.45) is 1.02. The lowest BCUT2D eigenvalue weighted by atomic mass is 10.1. The number of likely N-dealkylation sites (tertiary alicyclic amines) is 1. The van der Waals surface area contributed by atoms with Crippen molar-refractivity contribution in [2.24, 2.45) is 5.92 Å². The van der Waals surface area contributed by atoms with Crippen molar-refractivity contribution in [1.82, 2.24) is 25.1 Å². The number of carbonyl (C=O) groups is 2. The van der Waals surface area contributed by atoms with E-state index in [1.807, 2.05) is 37.3 Å². The van der Waals surface area contributed by atoms with Crippen LogP contribution < -0.4 is 5.32 Å². The Morgan fingerprint density at radius 2 is 2.12 bits per heavy atom. The van der Waals surface area contributed by atoms with Gasteiger partial charge in [-0.05, 0) is 35.4 Å². The van der Waals surface area contributed by atoms with Crippen molar-refractivity contribution >= 4 is 17.8 Å². The summed E-state index contributed by atoms with van der Waals surface area (Å²) in [6.45, 7) is 2.59. The van der Waals surface area contributed by atoms with Crippen molar-refractivity contribution in [2.75, 3.05) is 18.4 Å². The first-order valence-electron chi connectivity index (χ1n) is 8.22. The fraction of sp³-hybridized carbons (Fsp3) is 0.438. The number of nitrogens with zero attached hydrogens (tertiary/aromatic N) is 5. The second-order valence-corrected chi connectivity index (χ2v) is 5.96. The number of carboxylic acids is 1. The van der Waals surface area contributed by atoms with Crippen LogP contribution in [0.1, 0.15) is 19.8 Å². The quantitative estimate of drug-likeness (QED) is 0.796. The lowest BCUT2D eigenvalue weighted by Gasteiger charge is -2.23. The van der Waals surface area contributed by atoms with Crippen molar-refractivity contribution in [3.8, 4) is 5.69 Å². The highest BCUT2D eigenvalue weighted by Crippen LogP contribution is 2.19. The maximum atomic E-state index is 12.7. The van der Waals surface area contributed by atoms with Gasteiger partial charge in [0.05, 0.1) is 11.6 Å². The fourth-order valence-electron chi connectivity index (χ4n) is 2.90. The summed E-state index contributed by atoms with van der Waals surface area (Å²) in [4.78, 5) is 25.4. The van der Waals surface area contributed by atoms with E-state index < -0.39 is 17.9 Å². The molecule has 9 nitrogen and oxygen atoms in total. The van der Waals surface area contributed by atoms with Crippen molar-refractivity contribution < 1.29 is 14.7 Å². The van der Waals surface area contributed by atoms with Crippen LogP contribution in [0.3, 0.4) is 0 Å². The molecule has 9 heteroatoms. The van der Waals surface area contributed by atoms with Crippen LogP contribution in [0.15, 0.2) is 30.3 Å². The number of aromatic nitrogens is 4. The lowest BCUT2D eigenvalue weighted by Crippen LogP contribution is -2.42. The zero-order chi connectivity index (χ0) is 17.8. The van der Waals surface area contributed by atoms with E-state index in [4.69, 9.17) is 5.11 Å². The first-order valence-corrected chi connectivity index (χ1v) is 8.22. The Bertz CT molecular complexity index is 747. The summed E-state index contributed by atoms with van der Waals surface area (Å²) in [5, 5.41) is 23.8. The largest absolute Gasteiger partial charge is 0.481 e. The van der Waals surface area contributed by atoms with Gasteiger partial charge in [-0.25, -0.2) is 0 Å². The molecule has 0 unspecified atom stereocenters. The van der Waals surface area contributed by atoms with Crippen LogP contribution in [0.5, 0.6) is 0 Å². The third kappa shape index (κ3) is 3.59. The van der Waals surface area contributed by atoms with Gasteiger partial charge >= 0.3 is 5.97 Å². The molecule has 0 radical (unpaired) electrons. The van der Waals surface area contributed by atoms with E-state index in [9.17, 15) is 9.59 Å². The molecule has 1 aromatic carbocycles. The first-order chi connectivity index (χ1) is 12.1. The number of hydrogen-bond acceptors (Lipinski definition) is 6. The third-order valence-corrected chi connectivity index (χ3v) is 4.33. The Morgan fingerprint density at radius 1 is 1.36 bits per heavy atom. The second-order valence-electron chi connectivity index (χ2n) is 5.96. The number of anilines is 1. The van der Waals surface area contributed by atoms with Crippen LogP contribution in [-0.2, 0) is 9.59 Å². The van der Waals surface area contributed by atoms with E-state index in [1.165, 1.54) is 4.68 Å². The topological polar surface area (TPSA) is 113 Å². The molecule has 2 N–H and O–H groups in total. The summed E-state index contributed by atoms with van der Waals surface area (Å²) in [5.74, 6) is -1.10. The lowest BCUT2D eigenvalue weighted by molar-refractivity contribution is -0.141. The van der Waals surface area contributed by atoms with Gasteiger partial charge in [0.2, 0.25) is 11.9 Å². The molecule has 0 aliphatic carbocycles. The molecule has 1 aromatic heterocycles. The Kier molecular flexibility index (Phi) is 4.92. The highest BCUT2D eigenvalue weighted by Gasteiger charge is 2.34. The number of para-hydroxylation sites is 1. The van der Waals surface area contributed by atoms with Gasteiger partial charge in [0, 0.05) is 13.1 Å². The molecular weight excluding hydrogens is 324 g/mol. The predicted octanol–water partition coefficient (Wildman–Crippen LogP) is 0.786.